The van der Waals surface area contributed by atoms with Crippen molar-refractivity contribution in [2.24, 2.45) is 5.73 Å². The number of ether oxygens (including phenoxy) is 1. The normalized spacial score (nSPS) is 10.0. The van der Waals surface area contributed by atoms with Crippen molar-refractivity contribution in [3.05, 3.63) is 35.4 Å². The Hall–Kier alpha value is -1.28. The molecule has 0 spiro atoms. The van der Waals surface area contributed by atoms with E-state index in [1.54, 1.807) is 7.11 Å². The van der Waals surface area contributed by atoms with Crippen LogP contribution in [0.15, 0.2) is 18.7 Å². The molecule has 14 heavy (non-hydrogen) atoms. The summed E-state index contributed by atoms with van der Waals surface area (Å²) in [6, 6.07) is 4.11. The quantitative estimate of drug-likeness (QED) is 0.795. The number of methoxy groups -OCH3 is 1. The molecule has 0 unspecified atom stereocenters. The molecule has 0 aliphatic heterocycles. The Morgan fingerprint density at radius 1 is 1.36 bits per heavy atom. The fraction of sp³-hybridized carbons (Fsp3) is 0.333. The fourth-order valence-corrected chi connectivity index (χ4v) is 1.59. The van der Waals surface area contributed by atoms with Crippen molar-refractivity contribution < 1.29 is 4.74 Å². The monoisotopic (exact) mass is 191 g/mol. The van der Waals surface area contributed by atoms with Gasteiger partial charge in [0.25, 0.3) is 0 Å². The number of rotatable bonds is 3. The molecule has 0 saturated carbocycles. The van der Waals surface area contributed by atoms with Crippen LogP contribution in [-0.2, 0) is 0 Å². The van der Waals surface area contributed by atoms with Crippen molar-refractivity contribution in [2.75, 3.05) is 13.7 Å². The molecule has 0 amide bonds. The van der Waals surface area contributed by atoms with Gasteiger partial charge in [-0.15, -0.1) is 0 Å². The summed E-state index contributed by atoms with van der Waals surface area (Å²) in [5.41, 5.74) is 9.85. The predicted molar refractivity (Wildman–Crippen MR) is 60.6 cm³/mol. The van der Waals surface area contributed by atoms with Crippen LogP contribution in [0.3, 0.4) is 0 Å². The van der Waals surface area contributed by atoms with E-state index >= 15 is 0 Å². The van der Waals surface area contributed by atoms with Crippen molar-refractivity contribution in [2.45, 2.75) is 13.8 Å². The molecule has 1 aromatic rings. The van der Waals surface area contributed by atoms with Crippen LogP contribution in [0.2, 0.25) is 0 Å². The third-order valence-electron chi connectivity index (χ3n) is 2.32. The van der Waals surface area contributed by atoms with Gasteiger partial charge in [0.1, 0.15) is 5.75 Å². The highest BCUT2D eigenvalue weighted by Crippen LogP contribution is 2.26. The van der Waals surface area contributed by atoms with Crippen LogP contribution in [0.5, 0.6) is 5.75 Å². The molecular weight excluding hydrogens is 174 g/mol. The van der Waals surface area contributed by atoms with E-state index in [1.807, 2.05) is 13.8 Å². The molecule has 76 valence electrons. The maximum absolute atomic E-state index is 5.54. The third kappa shape index (κ3) is 1.96. The number of nitrogens with two attached hydrogens (primary N) is 1. The fourth-order valence-electron chi connectivity index (χ4n) is 1.59. The first-order valence-corrected chi connectivity index (χ1v) is 4.63. The van der Waals surface area contributed by atoms with Gasteiger partial charge in [0.2, 0.25) is 0 Å². The molecule has 0 saturated heterocycles. The second kappa shape index (κ2) is 4.29. The van der Waals surface area contributed by atoms with Crippen molar-refractivity contribution in [3.63, 3.8) is 0 Å². The lowest BCUT2D eigenvalue weighted by molar-refractivity contribution is 0.408. The second-order valence-corrected chi connectivity index (χ2v) is 3.45. The van der Waals surface area contributed by atoms with Gasteiger partial charge in [-0.25, -0.2) is 0 Å². The topological polar surface area (TPSA) is 35.2 Å². The summed E-state index contributed by atoms with van der Waals surface area (Å²) in [6.07, 6.45) is 0. The van der Waals surface area contributed by atoms with Gasteiger partial charge >= 0.3 is 0 Å². The Morgan fingerprint density at radius 2 is 1.86 bits per heavy atom. The average molecular weight is 191 g/mol. The molecule has 0 atom stereocenters. The molecule has 1 rings (SSSR count). The van der Waals surface area contributed by atoms with Crippen LogP contribution in [0.1, 0.15) is 16.7 Å². The van der Waals surface area contributed by atoms with Crippen molar-refractivity contribution >= 4 is 5.57 Å². The van der Waals surface area contributed by atoms with E-state index in [0.29, 0.717) is 6.54 Å². The van der Waals surface area contributed by atoms with Gasteiger partial charge in [-0.1, -0.05) is 6.58 Å². The number of aryl methyl sites for hydroxylation is 2. The first-order valence-electron chi connectivity index (χ1n) is 4.63. The minimum absolute atomic E-state index is 0.491. The van der Waals surface area contributed by atoms with Crippen molar-refractivity contribution in [1.82, 2.24) is 0 Å². The lowest BCUT2D eigenvalue weighted by atomic mass is 10.0. The number of benzene rings is 1. The summed E-state index contributed by atoms with van der Waals surface area (Å²) in [7, 11) is 1.69. The molecule has 2 nitrogen and oxygen atoms in total. The zero-order valence-corrected chi connectivity index (χ0v) is 9.05. The first kappa shape index (κ1) is 10.8. The van der Waals surface area contributed by atoms with Crippen molar-refractivity contribution in [1.29, 1.82) is 0 Å². The third-order valence-corrected chi connectivity index (χ3v) is 2.32. The Kier molecular flexibility index (Phi) is 3.31. The molecule has 1 aromatic carbocycles. The number of hydrogen-bond acceptors (Lipinski definition) is 2. The lowest BCUT2D eigenvalue weighted by Crippen LogP contribution is -2.02. The summed E-state index contributed by atoms with van der Waals surface area (Å²) in [5, 5.41) is 0. The molecule has 0 aliphatic rings. The van der Waals surface area contributed by atoms with Crippen LogP contribution in [0.4, 0.5) is 0 Å². The molecular formula is C12H17NO. The van der Waals surface area contributed by atoms with Gasteiger partial charge in [0.15, 0.2) is 0 Å². The van der Waals surface area contributed by atoms with E-state index in [-0.39, 0.29) is 0 Å². The minimum atomic E-state index is 0.491. The van der Waals surface area contributed by atoms with Crippen molar-refractivity contribution in [3.8, 4) is 5.75 Å². The summed E-state index contributed by atoms with van der Waals surface area (Å²) < 4.78 is 5.28. The molecule has 0 aromatic heterocycles. The van der Waals surface area contributed by atoms with Crippen LogP contribution < -0.4 is 10.5 Å². The zero-order chi connectivity index (χ0) is 10.7. The van der Waals surface area contributed by atoms with Crippen LogP contribution in [-0.4, -0.2) is 13.7 Å². The molecule has 2 heteroatoms. The molecule has 0 bridgehead atoms. The zero-order valence-electron chi connectivity index (χ0n) is 9.05. The Labute approximate surface area is 85.4 Å². The molecule has 0 heterocycles. The maximum Gasteiger partial charge on any atom is 0.124 e. The van der Waals surface area contributed by atoms with Gasteiger partial charge in [0, 0.05) is 6.54 Å². The lowest BCUT2D eigenvalue weighted by Gasteiger charge is -2.11. The average Bonchev–Trinajstić information content (AvgIpc) is 2.16. The SMILES string of the molecule is C=C(CN)c1cc(C)c(OC)c(C)c1. The largest absolute Gasteiger partial charge is 0.496 e. The smallest absolute Gasteiger partial charge is 0.124 e. The highest BCUT2D eigenvalue weighted by atomic mass is 16.5. The van der Waals surface area contributed by atoms with Crippen LogP contribution >= 0.6 is 0 Å². The first-order chi connectivity index (χ1) is 6.60. The van der Waals surface area contributed by atoms with E-state index in [4.69, 9.17) is 10.5 Å². The van der Waals surface area contributed by atoms with E-state index < -0.39 is 0 Å². The highest BCUT2D eigenvalue weighted by Gasteiger charge is 2.06. The minimum Gasteiger partial charge on any atom is -0.496 e. The van der Waals surface area contributed by atoms with Crippen LogP contribution in [0.25, 0.3) is 5.57 Å². The van der Waals surface area contributed by atoms with E-state index in [9.17, 15) is 0 Å². The Morgan fingerprint density at radius 3 is 2.21 bits per heavy atom. The summed E-state index contributed by atoms with van der Waals surface area (Å²) in [6.45, 7) is 8.46. The van der Waals surface area contributed by atoms with Gasteiger partial charge in [-0.05, 0) is 48.2 Å². The maximum atomic E-state index is 5.54. The summed E-state index contributed by atoms with van der Waals surface area (Å²) in [4.78, 5) is 0. The van der Waals surface area contributed by atoms with Gasteiger partial charge in [0.05, 0.1) is 7.11 Å². The number of hydrogen-bond donors (Lipinski definition) is 1. The highest BCUT2D eigenvalue weighted by molar-refractivity contribution is 5.67. The van der Waals surface area contributed by atoms with Gasteiger partial charge in [-0.3, -0.25) is 0 Å². The van der Waals surface area contributed by atoms with E-state index in [0.717, 1.165) is 28.0 Å². The molecule has 0 aliphatic carbocycles. The second-order valence-electron chi connectivity index (χ2n) is 3.45. The predicted octanol–water partition coefficient (Wildman–Crippen LogP) is 2.28. The molecule has 2 N–H and O–H groups in total. The van der Waals surface area contributed by atoms with E-state index in [1.165, 1.54) is 0 Å². The van der Waals surface area contributed by atoms with Crippen LogP contribution in [0, 0.1) is 13.8 Å². The van der Waals surface area contributed by atoms with Gasteiger partial charge < -0.3 is 10.5 Å². The van der Waals surface area contributed by atoms with E-state index in [2.05, 4.69) is 18.7 Å². The van der Waals surface area contributed by atoms with Gasteiger partial charge in [-0.2, -0.15) is 0 Å². The Bertz CT molecular complexity index is 332. The summed E-state index contributed by atoms with van der Waals surface area (Å²) >= 11 is 0. The standard InChI is InChI=1S/C12H17NO/c1-8-5-11(10(3)7-13)6-9(2)12(8)14-4/h5-6H,3,7,13H2,1-2,4H3. The summed E-state index contributed by atoms with van der Waals surface area (Å²) in [5.74, 6) is 0.943. The molecule has 0 radical (unpaired) electrons. The molecule has 0 fully saturated rings. The Balaban J connectivity index is 3.20.